The summed E-state index contributed by atoms with van der Waals surface area (Å²) in [4.78, 5) is 13.8. The van der Waals surface area contributed by atoms with Crippen molar-refractivity contribution >= 4 is 21.1 Å². The van der Waals surface area contributed by atoms with E-state index in [4.69, 9.17) is 9.15 Å². The Morgan fingerprint density at radius 2 is 2.14 bits per heavy atom. The van der Waals surface area contributed by atoms with E-state index in [1.165, 1.54) is 22.5 Å². The molecule has 1 aromatic carbocycles. The minimum atomic E-state index is -3.56. The zero-order valence-electron chi connectivity index (χ0n) is 12.5. The third kappa shape index (κ3) is 2.57. The number of fused-ring (bicyclic) bond motifs is 1. The molecule has 0 saturated carbocycles. The molecule has 120 valence electrons. The van der Waals surface area contributed by atoms with Crippen LogP contribution >= 0.6 is 0 Å². The molecular weight excluding hydrogens is 308 g/mol. The second kappa shape index (κ2) is 5.22. The first-order chi connectivity index (χ1) is 10.3. The molecule has 22 heavy (non-hydrogen) atoms. The largest absolute Gasteiger partial charge is 0.417 e. The van der Waals surface area contributed by atoms with Crippen molar-refractivity contribution in [1.29, 1.82) is 0 Å². The summed E-state index contributed by atoms with van der Waals surface area (Å²) in [6, 6.07) is 4.40. The number of H-pyrrole nitrogens is 1. The summed E-state index contributed by atoms with van der Waals surface area (Å²) in [6.45, 7) is 3.60. The van der Waals surface area contributed by atoms with Gasteiger partial charge in [0.2, 0.25) is 10.0 Å². The van der Waals surface area contributed by atoms with Crippen molar-refractivity contribution < 1.29 is 17.6 Å². The van der Waals surface area contributed by atoms with Gasteiger partial charge < -0.3 is 9.15 Å². The molecule has 2 heterocycles. The van der Waals surface area contributed by atoms with Gasteiger partial charge in [-0.25, -0.2) is 13.2 Å². The number of hydrogen-bond donors (Lipinski definition) is 1. The first-order valence-corrected chi connectivity index (χ1v) is 8.40. The predicted octanol–water partition coefficient (Wildman–Crippen LogP) is 1.17. The Kier molecular flexibility index (Phi) is 3.62. The molecule has 1 N–H and O–H groups in total. The smallest absolute Gasteiger partial charge is 0.408 e. The number of nitrogens with zero attached hydrogens (tertiary/aromatic N) is 1. The molecule has 0 bridgehead atoms. The van der Waals surface area contributed by atoms with Gasteiger partial charge in [-0.15, -0.1) is 0 Å². The summed E-state index contributed by atoms with van der Waals surface area (Å²) in [5.74, 6) is -0.597. The zero-order valence-corrected chi connectivity index (χ0v) is 13.3. The maximum Gasteiger partial charge on any atom is 0.417 e. The van der Waals surface area contributed by atoms with Crippen LogP contribution in [-0.4, -0.2) is 44.5 Å². The maximum atomic E-state index is 12.6. The Morgan fingerprint density at radius 3 is 2.82 bits per heavy atom. The predicted molar refractivity (Wildman–Crippen MR) is 80.2 cm³/mol. The molecule has 0 aliphatic carbocycles. The molecule has 8 heteroatoms. The lowest BCUT2D eigenvalue weighted by Crippen LogP contribution is -2.57. The van der Waals surface area contributed by atoms with Crippen molar-refractivity contribution in [2.75, 3.05) is 26.8 Å². The van der Waals surface area contributed by atoms with Crippen molar-refractivity contribution in [3.63, 3.8) is 0 Å². The molecule has 1 aromatic heterocycles. The highest BCUT2D eigenvalue weighted by Crippen LogP contribution is 2.37. The van der Waals surface area contributed by atoms with E-state index < -0.39 is 15.8 Å². The first kappa shape index (κ1) is 15.3. The normalized spacial score (nSPS) is 18.5. The van der Waals surface area contributed by atoms with Gasteiger partial charge in [0.1, 0.15) is 0 Å². The summed E-state index contributed by atoms with van der Waals surface area (Å²) in [7, 11) is -1.93. The minimum Gasteiger partial charge on any atom is -0.408 e. The van der Waals surface area contributed by atoms with Crippen molar-refractivity contribution in [3.05, 3.63) is 28.7 Å². The standard InChI is InChI=1S/C14H18N2O5S/c1-14(5-6-20-2)8-16(9-14)22(18,19)10-3-4-11-12(7-10)21-13(17)15-11/h3-4,7H,5-6,8-9H2,1-2H3,(H,15,17). The average molecular weight is 326 g/mol. The molecule has 1 aliphatic rings. The SMILES string of the molecule is COCCC1(C)CN(S(=O)(=O)c2ccc3[nH]c(=O)oc3c2)C1. The Bertz CT molecular complexity index is 845. The Hall–Kier alpha value is -1.64. The van der Waals surface area contributed by atoms with Gasteiger partial charge in [0, 0.05) is 32.9 Å². The molecule has 7 nitrogen and oxygen atoms in total. The van der Waals surface area contributed by atoms with Crippen LogP contribution in [0.4, 0.5) is 0 Å². The van der Waals surface area contributed by atoms with Crippen LogP contribution in [0.15, 0.2) is 32.3 Å². The van der Waals surface area contributed by atoms with Crippen LogP contribution in [-0.2, 0) is 14.8 Å². The summed E-state index contributed by atoms with van der Waals surface area (Å²) in [5, 5.41) is 0. The Labute approximate surface area is 127 Å². The minimum absolute atomic E-state index is 0.0478. The van der Waals surface area contributed by atoms with Crippen LogP contribution in [0.25, 0.3) is 11.1 Å². The van der Waals surface area contributed by atoms with E-state index in [-0.39, 0.29) is 15.9 Å². The molecule has 0 radical (unpaired) electrons. The van der Waals surface area contributed by atoms with Crippen LogP contribution in [0, 0.1) is 5.41 Å². The topological polar surface area (TPSA) is 92.6 Å². The number of oxazole rings is 1. The van der Waals surface area contributed by atoms with Gasteiger partial charge in [-0.1, -0.05) is 6.92 Å². The molecule has 1 saturated heterocycles. The number of nitrogens with one attached hydrogen (secondary N) is 1. The van der Waals surface area contributed by atoms with Gasteiger partial charge in [-0.05, 0) is 24.0 Å². The van der Waals surface area contributed by atoms with Gasteiger partial charge in [0.25, 0.3) is 0 Å². The number of hydrogen-bond acceptors (Lipinski definition) is 5. The third-order valence-corrected chi connectivity index (χ3v) is 5.84. The molecule has 0 spiro atoms. The van der Waals surface area contributed by atoms with E-state index >= 15 is 0 Å². The summed E-state index contributed by atoms with van der Waals surface area (Å²) < 4.78 is 36.6. The fourth-order valence-electron chi connectivity index (χ4n) is 2.72. The van der Waals surface area contributed by atoms with Gasteiger partial charge in [0.05, 0.1) is 10.4 Å². The lowest BCUT2D eigenvalue weighted by atomic mass is 9.81. The first-order valence-electron chi connectivity index (χ1n) is 6.96. The monoisotopic (exact) mass is 326 g/mol. The lowest BCUT2D eigenvalue weighted by molar-refractivity contribution is 0.0480. The molecule has 3 rings (SSSR count). The van der Waals surface area contributed by atoms with Crippen LogP contribution < -0.4 is 5.76 Å². The number of methoxy groups -OCH3 is 1. The Balaban J connectivity index is 1.82. The lowest BCUT2D eigenvalue weighted by Gasteiger charge is -2.47. The maximum absolute atomic E-state index is 12.6. The number of sulfonamides is 1. The van der Waals surface area contributed by atoms with Gasteiger partial charge in [-0.2, -0.15) is 4.31 Å². The van der Waals surface area contributed by atoms with Crippen molar-refractivity contribution in [2.24, 2.45) is 5.41 Å². The van der Waals surface area contributed by atoms with Crippen LogP contribution in [0.1, 0.15) is 13.3 Å². The number of aromatic nitrogens is 1. The van der Waals surface area contributed by atoms with Crippen LogP contribution in [0.2, 0.25) is 0 Å². The molecule has 1 fully saturated rings. The van der Waals surface area contributed by atoms with E-state index in [0.717, 1.165) is 6.42 Å². The van der Waals surface area contributed by atoms with Crippen molar-refractivity contribution in [1.82, 2.24) is 9.29 Å². The highest BCUT2D eigenvalue weighted by atomic mass is 32.2. The number of ether oxygens (including phenoxy) is 1. The van der Waals surface area contributed by atoms with E-state index in [1.54, 1.807) is 7.11 Å². The summed E-state index contributed by atoms with van der Waals surface area (Å²) in [6.07, 6.45) is 0.821. The zero-order chi connectivity index (χ0) is 16.0. The molecule has 0 unspecified atom stereocenters. The van der Waals surface area contributed by atoms with Gasteiger partial charge >= 0.3 is 5.76 Å². The molecule has 1 aliphatic heterocycles. The van der Waals surface area contributed by atoms with Gasteiger partial charge in [0.15, 0.2) is 5.58 Å². The second-order valence-corrected chi connectivity index (χ2v) is 7.94. The number of rotatable bonds is 5. The molecule has 0 atom stereocenters. The molecule has 2 aromatic rings. The summed E-state index contributed by atoms with van der Waals surface area (Å²) in [5.41, 5.74) is 0.680. The third-order valence-electron chi connectivity index (χ3n) is 4.06. The quantitative estimate of drug-likeness (QED) is 0.890. The van der Waals surface area contributed by atoms with Crippen LogP contribution in [0.3, 0.4) is 0 Å². The molecular formula is C14H18N2O5S. The molecule has 0 amide bonds. The fourth-order valence-corrected chi connectivity index (χ4v) is 4.47. The summed E-state index contributed by atoms with van der Waals surface area (Å²) >= 11 is 0. The Morgan fingerprint density at radius 1 is 1.41 bits per heavy atom. The number of benzene rings is 1. The van der Waals surface area contributed by atoms with E-state index in [2.05, 4.69) is 4.98 Å². The highest BCUT2D eigenvalue weighted by Gasteiger charge is 2.44. The fraction of sp³-hybridized carbons (Fsp3) is 0.500. The van der Waals surface area contributed by atoms with Crippen LogP contribution in [0.5, 0.6) is 0 Å². The van der Waals surface area contributed by atoms with E-state index in [9.17, 15) is 13.2 Å². The van der Waals surface area contributed by atoms with Gasteiger partial charge in [-0.3, -0.25) is 4.98 Å². The van der Waals surface area contributed by atoms with E-state index in [0.29, 0.717) is 25.2 Å². The van der Waals surface area contributed by atoms with E-state index in [1.807, 2.05) is 6.92 Å². The number of aromatic amines is 1. The second-order valence-electron chi connectivity index (χ2n) is 6.00. The van der Waals surface area contributed by atoms with Crippen molar-refractivity contribution in [2.45, 2.75) is 18.2 Å². The van der Waals surface area contributed by atoms with Crippen molar-refractivity contribution in [3.8, 4) is 0 Å². The average Bonchev–Trinajstić information content (AvgIpc) is 2.81. The highest BCUT2D eigenvalue weighted by molar-refractivity contribution is 7.89.